The highest BCUT2D eigenvalue weighted by atomic mass is 16.4. The number of amides is 2. The fraction of sp³-hybridized carbons (Fsp3) is 0.450. The molecule has 1 aliphatic heterocycles. The smallest absolute Gasteiger partial charge is 0.326 e. The zero-order chi connectivity index (χ0) is 18.9. The number of carbonyl (C=O) groups is 3. The molecule has 0 aromatic heterocycles. The van der Waals surface area contributed by atoms with Gasteiger partial charge < -0.3 is 15.3 Å². The number of hydrogen-bond donors (Lipinski definition) is 2. The molecule has 2 atom stereocenters. The Morgan fingerprint density at radius 3 is 2.69 bits per heavy atom. The lowest BCUT2D eigenvalue weighted by Gasteiger charge is -2.32. The predicted molar refractivity (Wildman–Crippen MR) is 98.4 cm³/mol. The molecule has 0 saturated carbocycles. The minimum Gasteiger partial charge on any atom is -0.480 e. The zero-order valence-corrected chi connectivity index (χ0v) is 14.9. The van der Waals surface area contributed by atoms with Gasteiger partial charge in [-0.2, -0.15) is 0 Å². The Morgan fingerprint density at radius 2 is 2.04 bits per heavy atom. The molecule has 0 aliphatic carbocycles. The quantitative estimate of drug-likeness (QED) is 0.696. The van der Waals surface area contributed by atoms with Crippen LogP contribution in [0.1, 0.15) is 31.2 Å². The minimum absolute atomic E-state index is 0.00450. The first-order chi connectivity index (χ1) is 12.5. The number of carbonyl (C=O) groups excluding carboxylic acids is 2. The van der Waals surface area contributed by atoms with Crippen molar-refractivity contribution in [2.75, 3.05) is 13.1 Å². The molecule has 1 aromatic rings. The standard InChI is InChI=1S/C20H26N2O4/c1-2-3-11-17(20(25)26)21-19(24)16-10-7-12-22(14-16)18(23)13-15-8-5-4-6-9-15/h2,4-6,8-9,16-17H,1,3,7,10-14H2,(H,21,24)(H,25,26). The maximum absolute atomic E-state index is 12.5. The van der Waals surface area contributed by atoms with Crippen molar-refractivity contribution in [3.63, 3.8) is 0 Å². The van der Waals surface area contributed by atoms with Gasteiger partial charge in [-0.25, -0.2) is 4.79 Å². The van der Waals surface area contributed by atoms with Gasteiger partial charge in [-0.15, -0.1) is 6.58 Å². The molecule has 1 saturated heterocycles. The van der Waals surface area contributed by atoms with Gasteiger partial charge in [-0.3, -0.25) is 9.59 Å². The fourth-order valence-electron chi connectivity index (χ4n) is 3.13. The van der Waals surface area contributed by atoms with Crippen molar-refractivity contribution in [3.8, 4) is 0 Å². The predicted octanol–water partition coefficient (Wildman–Crippen LogP) is 2.00. The van der Waals surface area contributed by atoms with E-state index in [1.807, 2.05) is 30.3 Å². The minimum atomic E-state index is -1.05. The van der Waals surface area contributed by atoms with Crippen LogP contribution in [0.3, 0.4) is 0 Å². The van der Waals surface area contributed by atoms with E-state index in [0.717, 1.165) is 12.0 Å². The number of carboxylic acid groups (broad SMARTS) is 1. The van der Waals surface area contributed by atoms with Crippen LogP contribution in [0, 0.1) is 5.92 Å². The molecule has 2 unspecified atom stereocenters. The van der Waals surface area contributed by atoms with Gasteiger partial charge in [0.15, 0.2) is 0 Å². The van der Waals surface area contributed by atoms with E-state index in [4.69, 9.17) is 0 Å². The average Bonchev–Trinajstić information content (AvgIpc) is 2.65. The van der Waals surface area contributed by atoms with Crippen molar-refractivity contribution >= 4 is 17.8 Å². The fourth-order valence-corrected chi connectivity index (χ4v) is 3.13. The van der Waals surface area contributed by atoms with Gasteiger partial charge in [0.1, 0.15) is 6.04 Å². The molecule has 0 bridgehead atoms. The Hall–Kier alpha value is -2.63. The summed E-state index contributed by atoms with van der Waals surface area (Å²) in [4.78, 5) is 38.0. The van der Waals surface area contributed by atoms with Crippen LogP contribution < -0.4 is 5.32 Å². The third-order valence-corrected chi connectivity index (χ3v) is 4.62. The topological polar surface area (TPSA) is 86.7 Å². The molecule has 1 aromatic carbocycles. The van der Waals surface area contributed by atoms with Crippen LogP contribution in [0.15, 0.2) is 43.0 Å². The molecule has 6 nitrogen and oxygen atoms in total. The van der Waals surface area contributed by atoms with E-state index in [-0.39, 0.29) is 17.7 Å². The molecule has 0 spiro atoms. The number of likely N-dealkylation sites (tertiary alicyclic amines) is 1. The van der Waals surface area contributed by atoms with Gasteiger partial charge in [0.2, 0.25) is 11.8 Å². The summed E-state index contributed by atoms with van der Waals surface area (Å²) < 4.78 is 0. The van der Waals surface area contributed by atoms with E-state index in [2.05, 4.69) is 11.9 Å². The summed E-state index contributed by atoms with van der Waals surface area (Å²) >= 11 is 0. The number of nitrogens with one attached hydrogen (secondary N) is 1. The highest BCUT2D eigenvalue weighted by Gasteiger charge is 2.30. The lowest BCUT2D eigenvalue weighted by atomic mass is 9.96. The molecule has 26 heavy (non-hydrogen) atoms. The first-order valence-corrected chi connectivity index (χ1v) is 8.97. The van der Waals surface area contributed by atoms with Gasteiger partial charge in [-0.05, 0) is 31.2 Å². The first-order valence-electron chi connectivity index (χ1n) is 8.97. The average molecular weight is 358 g/mol. The summed E-state index contributed by atoms with van der Waals surface area (Å²) in [5.41, 5.74) is 0.944. The van der Waals surface area contributed by atoms with Crippen LogP contribution in [-0.4, -0.2) is 46.9 Å². The van der Waals surface area contributed by atoms with Gasteiger partial charge in [-0.1, -0.05) is 36.4 Å². The number of hydrogen-bond acceptors (Lipinski definition) is 3. The summed E-state index contributed by atoms with van der Waals surface area (Å²) in [6.07, 6.45) is 4.17. The van der Waals surface area contributed by atoms with Crippen molar-refractivity contribution in [3.05, 3.63) is 48.6 Å². The number of piperidine rings is 1. The van der Waals surface area contributed by atoms with Crippen LogP contribution in [0.4, 0.5) is 0 Å². The molecule has 1 aliphatic rings. The summed E-state index contributed by atoms with van der Waals surface area (Å²) in [7, 11) is 0. The van der Waals surface area contributed by atoms with Gasteiger partial charge >= 0.3 is 5.97 Å². The van der Waals surface area contributed by atoms with E-state index in [9.17, 15) is 19.5 Å². The van der Waals surface area contributed by atoms with Gasteiger partial charge in [0, 0.05) is 13.1 Å². The Kier molecular flexibility index (Phi) is 7.38. The van der Waals surface area contributed by atoms with E-state index in [0.29, 0.717) is 38.8 Å². The molecule has 2 N–H and O–H groups in total. The van der Waals surface area contributed by atoms with Crippen LogP contribution >= 0.6 is 0 Å². The summed E-state index contributed by atoms with van der Waals surface area (Å²) in [5, 5.41) is 11.8. The molecular weight excluding hydrogens is 332 g/mol. The molecule has 2 amide bonds. The first kappa shape index (κ1) is 19.7. The van der Waals surface area contributed by atoms with Crippen molar-refractivity contribution < 1.29 is 19.5 Å². The van der Waals surface area contributed by atoms with E-state index >= 15 is 0 Å². The zero-order valence-electron chi connectivity index (χ0n) is 14.9. The van der Waals surface area contributed by atoms with Crippen molar-refractivity contribution in [2.45, 2.75) is 38.1 Å². The van der Waals surface area contributed by atoms with Crippen LogP contribution in [0.5, 0.6) is 0 Å². The van der Waals surface area contributed by atoms with Gasteiger partial charge in [0.05, 0.1) is 12.3 Å². The molecule has 6 heteroatoms. The van der Waals surface area contributed by atoms with Crippen molar-refractivity contribution in [1.29, 1.82) is 0 Å². The van der Waals surface area contributed by atoms with Crippen LogP contribution in [-0.2, 0) is 20.8 Å². The molecule has 1 heterocycles. The maximum Gasteiger partial charge on any atom is 0.326 e. The Balaban J connectivity index is 1.91. The third-order valence-electron chi connectivity index (χ3n) is 4.62. The highest BCUT2D eigenvalue weighted by molar-refractivity contribution is 5.86. The Bertz CT molecular complexity index is 644. The van der Waals surface area contributed by atoms with Crippen LogP contribution in [0.2, 0.25) is 0 Å². The molecule has 1 fully saturated rings. The second kappa shape index (κ2) is 9.75. The highest BCUT2D eigenvalue weighted by Crippen LogP contribution is 2.18. The van der Waals surface area contributed by atoms with E-state index in [1.54, 1.807) is 11.0 Å². The lowest BCUT2D eigenvalue weighted by molar-refractivity contribution is -0.143. The number of aliphatic carboxylic acids is 1. The van der Waals surface area contributed by atoms with Crippen LogP contribution in [0.25, 0.3) is 0 Å². The molecular formula is C20H26N2O4. The second-order valence-electron chi connectivity index (χ2n) is 6.61. The normalized spacial score (nSPS) is 18.0. The number of benzene rings is 1. The number of allylic oxidation sites excluding steroid dienone is 1. The maximum atomic E-state index is 12.5. The molecule has 140 valence electrons. The molecule has 2 rings (SSSR count). The van der Waals surface area contributed by atoms with Gasteiger partial charge in [0.25, 0.3) is 0 Å². The summed E-state index contributed by atoms with van der Waals surface area (Å²) in [5.74, 6) is -1.71. The number of nitrogens with zero attached hydrogens (tertiary/aromatic N) is 1. The molecule has 0 radical (unpaired) electrons. The summed E-state index contributed by atoms with van der Waals surface area (Å²) in [6.45, 7) is 4.55. The Labute approximate surface area is 153 Å². The van der Waals surface area contributed by atoms with E-state index < -0.39 is 12.0 Å². The monoisotopic (exact) mass is 358 g/mol. The summed E-state index contributed by atoms with van der Waals surface area (Å²) in [6, 6.07) is 8.58. The third kappa shape index (κ3) is 5.72. The SMILES string of the molecule is C=CCCC(NC(=O)C1CCCN(C(=O)Cc2ccccc2)C1)C(=O)O. The second-order valence-corrected chi connectivity index (χ2v) is 6.61. The Morgan fingerprint density at radius 1 is 1.31 bits per heavy atom. The largest absolute Gasteiger partial charge is 0.480 e. The van der Waals surface area contributed by atoms with Crippen molar-refractivity contribution in [1.82, 2.24) is 10.2 Å². The lowest BCUT2D eigenvalue weighted by Crippen LogP contribution is -2.49. The van der Waals surface area contributed by atoms with Crippen molar-refractivity contribution in [2.24, 2.45) is 5.92 Å². The number of carboxylic acids is 1. The number of rotatable bonds is 8. The van der Waals surface area contributed by atoms with E-state index in [1.165, 1.54) is 0 Å².